The number of fused-ring (bicyclic) bond motifs is 1. The number of aryl methyl sites for hydroxylation is 2. The van der Waals surface area contributed by atoms with Gasteiger partial charge in [-0.2, -0.15) is 0 Å². The summed E-state index contributed by atoms with van der Waals surface area (Å²) in [6, 6.07) is 14.1. The zero-order valence-corrected chi connectivity index (χ0v) is 68.3. The van der Waals surface area contributed by atoms with Gasteiger partial charge in [0, 0.05) is 0 Å². The summed E-state index contributed by atoms with van der Waals surface area (Å²) in [6.45, 7) is 4.63. The summed E-state index contributed by atoms with van der Waals surface area (Å²) in [6.07, 6.45) is 127. The second-order valence-corrected chi connectivity index (χ2v) is 33.4. The molecule has 0 heterocycles. The highest BCUT2D eigenvalue weighted by Crippen LogP contribution is 2.28. The molecule has 0 bridgehead atoms. The first-order valence-electron chi connectivity index (χ1n) is 47.4. The SMILES string of the molecule is CCCCCCCCCCCCCCCCCCCCCCCCCCCCCCCCCCCCCCCCCCCCc1ccc2ccccc2c1CCCCCCCCCCCCCCCCCCCCCCCCCCCCCCCCCCCCCCCCCCCC. The molecule has 0 fully saturated rings. The standard InChI is InChI=1S/C98H184/c1-3-5-7-9-11-13-15-17-19-21-23-25-27-29-31-33-35-37-39-41-43-45-47-49-51-53-55-57-59-61-63-65-67-69-71-73-75-77-79-81-83-85-89-95-93-94-96-90-87-88-92-98(96)97(95)91-86-84-82-80-78-76-74-72-70-68-66-64-62-60-58-56-54-52-50-48-46-44-42-40-38-36-34-32-30-28-26-24-22-20-18-16-14-12-10-8-6-4-2/h87-88,90,92-94H,3-86,89,91H2,1-2H3. The van der Waals surface area contributed by atoms with Crippen molar-refractivity contribution in [1.29, 1.82) is 0 Å². The van der Waals surface area contributed by atoms with E-state index in [1.807, 2.05) is 0 Å². The molecule has 0 spiro atoms. The summed E-state index contributed by atoms with van der Waals surface area (Å²) < 4.78 is 0. The molecule has 0 aliphatic rings. The lowest BCUT2D eigenvalue weighted by Crippen LogP contribution is -1.97. The molecule has 0 N–H and O–H groups in total. The maximum atomic E-state index is 2.50. The average molecular weight is 1360 g/mol. The van der Waals surface area contributed by atoms with Crippen molar-refractivity contribution in [3.8, 4) is 0 Å². The molecule has 0 heteroatoms. The lowest BCUT2D eigenvalue weighted by Gasteiger charge is -2.14. The van der Waals surface area contributed by atoms with Crippen molar-refractivity contribution in [3.05, 3.63) is 47.5 Å². The van der Waals surface area contributed by atoms with E-state index >= 15 is 0 Å². The van der Waals surface area contributed by atoms with Crippen molar-refractivity contribution >= 4 is 10.8 Å². The summed E-state index contributed by atoms with van der Waals surface area (Å²) >= 11 is 0. The van der Waals surface area contributed by atoms with E-state index in [0.29, 0.717) is 0 Å². The molecule has 0 aliphatic carbocycles. The Morgan fingerprint density at radius 1 is 0.143 bits per heavy atom. The lowest BCUT2D eigenvalue weighted by molar-refractivity contribution is 0.509. The molecule has 2 rings (SSSR count). The molecule has 2 aromatic carbocycles. The molecule has 0 atom stereocenters. The van der Waals surface area contributed by atoms with Gasteiger partial charge in [0.2, 0.25) is 0 Å². The highest BCUT2D eigenvalue weighted by atomic mass is 14.1. The number of hydrogen-bond donors (Lipinski definition) is 0. The fraction of sp³-hybridized carbons (Fsp3) is 0.898. The Labute approximate surface area is 620 Å². The number of hydrogen-bond acceptors (Lipinski definition) is 0. The molecule has 576 valence electrons. The molecule has 2 aromatic rings. The molecule has 98 heavy (non-hydrogen) atoms. The average Bonchev–Trinajstić information content (AvgIpc) is 0.814. The van der Waals surface area contributed by atoms with Crippen LogP contribution in [0.5, 0.6) is 0 Å². The summed E-state index contributed by atoms with van der Waals surface area (Å²) in [5.41, 5.74) is 3.34. The highest BCUT2D eigenvalue weighted by molar-refractivity contribution is 5.86. The summed E-state index contributed by atoms with van der Waals surface area (Å²) in [5.74, 6) is 0. The highest BCUT2D eigenvalue weighted by Gasteiger charge is 2.09. The van der Waals surface area contributed by atoms with Gasteiger partial charge < -0.3 is 0 Å². The normalized spacial score (nSPS) is 11.8. The number of benzene rings is 2. The van der Waals surface area contributed by atoms with Gasteiger partial charge in [-0.25, -0.2) is 0 Å². The van der Waals surface area contributed by atoms with E-state index in [1.165, 1.54) is 563 Å². The molecule has 0 aromatic heterocycles. The number of rotatable bonds is 86. The molecule has 0 nitrogen and oxygen atoms in total. The zero-order valence-electron chi connectivity index (χ0n) is 68.3. The minimum Gasteiger partial charge on any atom is -0.0654 e. The fourth-order valence-corrected chi connectivity index (χ4v) is 16.8. The Balaban J connectivity index is 1.24. The Morgan fingerprint density at radius 2 is 0.296 bits per heavy atom. The maximum Gasteiger partial charge on any atom is -0.0149 e. The number of unbranched alkanes of at least 4 members (excludes halogenated alkanes) is 82. The summed E-state index contributed by atoms with van der Waals surface area (Å²) in [7, 11) is 0. The van der Waals surface area contributed by atoms with Gasteiger partial charge in [-0.3, -0.25) is 0 Å². The first kappa shape index (κ1) is 92.8. The van der Waals surface area contributed by atoms with Crippen LogP contribution in [0.25, 0.3) is 10.8 Å². The van der Waals surface area contributed by atoms with E-state index in [2.05, 4.69) is 50.2 Å². The van der Waals surface area contributed by atoms with Crippen LogP contribution >= 0.6 is 0 Å². The first-order chi connectivity index (χ1) is 48.9. The lowest BCUT2D eigenvalue weighted by atomic mass is 9.91. The Morgan fingerprint density at radius 3 is 0.480 bits per heavy atom. The van der Waals surface area contributed by atoms with Gasteiger partial charge in [-0.1, -0.05) is 577 Å². The van der Waals surface area contributed by atoms with Crippen LogP contribution < -0.4 is 0 Å². The van der Waals surface area contributed by atoms with Gasteiger partial charge in [0.05, 0.1) is 0 Å². The van der Waals surface area contributed by atoms with Crippen LogP contribution in [-0.2, 0) is 12.8 Å². The fourth-order valence-electron chi connectivity index (χ4n) is 16.8. The van der Waals surface area contributed by atoms with Gasteiger partial charge in [-0.05, 0) is 47.6 Å². The van der Waals surface area contributed by atoms with Crippen LogP contribution in [-0.4, -0.2) is 0 Å². The third-order valence-electron chi connectivity index (χ3n) is 23.7. The smallest absolute Gasteiger partial charge is 0.0149 e. The monoisotopic (exact) mass is 1360 g/mol. The minimum atomic E-state index is 1.27. The predicted molar refractivity (Wildman–Crippen MR) is 451 cm³/mol. The van der Waals surface area contributed by atoms with E-state index in [4.69, 9.17) is 0 Å². The van der Waals surface area contributed by atoms with Gasteiger partial charge in [0.25, 0.3) is 0 Å². The van der Waals surface area contributed by atoms with Crippen molar-refractivity contribution < 1.29 is 0 Å². The quantitative estimate of drug-likeness (QED) is 0.0579. The predicted octanol–water partition coefficient (Wildman–Crippen LogP) is 36.7. The van der Waals surface area contributed by atoms with Crippen LogP contribution in [0.4, 0.5) is 0 Å². The van der Waals surface area contributed by atoms with Crippen molar-refractivity contribution in [2.24, 2.45) is 0 Å². The topological polar surface area (TPSA) is 0 Å². The minimum absolute atomic E-state index is 1.27. The van der Waals surface area contributed by atoms with Crippen LogP contribution in [0.15, 0.2) is 36.4 Å². The van der Waals surface area contributed by atoms with Crippen molar-refractivity contribution in [2.45, 2.75) is 566 Å². The molecular weight excluding hydrogens is 1180 g/mol. The zero-order chi connectivity index (χ0) is 69.4. The largest absolute Gasteiger partial charge is 0.0654 e. The van der Waals surface area contributed by atoms with Crippen molar-refractivity contribution in [1.82, 2.24) is 0 Å². The van der Waals surface area contributed by atoms with E-state index in [0.717, 1.165) is 0 Å². The van der Waals surface area contributed by atoms with Crippen LogP contribution in [0.3, 0.4) is 0 Å². The van der Waals surface area contributed by atoms with E-state index in [-0.39, 0.29) is 0 Å². The molecule has 0 amide bonds. The second-order valence-electron chi connectivity index (χ2n) is 33.4. The van der Waals surface area contributed by atoms with E-state index < -0.39 is 0 Å². The molecule has 0 aliphatic heterocycles. The van der Waals surface area contributed by atoms with Crippen molar-refractivity contribution in [2.75, 3.05) is 0 Å². The molecule has 0 saturated heterocycles. The van der Waals surface area contributed by atoms with Gasteiger partial charge in [0.15, 0.2) is 0 Å². The summed E-state index contributed by atoms with van der Waals surface area (Å²) in [4.78, 5) is 0. The summed E-state index contributed by atoms with van der Waals surface area (Å²) in [5, 5.41) is 2.98. The second kappa shape index (κ2) is 81.4. The molecule has 0 unspecified atom stereocenters. The third-order valence-corrected chi connectivity index (χ3v) is 23.7. The van der Waals surface area contributed by atoms with E-state index in [9.17, 15) is 0 Å². The van der Waals surface area contributed by atoms with Crippen LogP contribution in [0, 0.1) is 0 Å². The van der Waals surface area contributed by atoms with Crippen LogP contribution in [0.2, 0.25) is 0 Å². The molecule has 0 saturated carbocycles. The first-order valence-corrected chi connectivity index (χ1v) is 47.4. The molecule has 0 radical (unpaired) electrons. The van der Waals surface area contributed by atoms with Crippen LogP contribution in [0.1, 0.15) is 564 Å². The maximum absolute atomic E-state index is 2.50. The van der Waals surface area contributed by atoms with Gasteiger partial charge in [0.1, 0.15) is 0 Å². The van der Waals surface area contributed by atoms with Crippen molar-refractivity contribution in [3.63, 3.8) is 0 Å². The third kappa shape index (κ3) is 67.8. The van der Waals surface area contributed by atoms with Gasteiger partial charge >= 0.3 is 0 Å². The Bertz CT molecular complexity index is 1750. The Hall–Kier alpha value is -1.30. The van der Waals surface area contributed by atoms with E-state index in [1.54, 1.807) is 11.1 Å². The van der Waals surface area contributed by atoms with Gasteiger partial charge in [-0.15, -0.1) is 0 Å². The molecular formula is C98H184. The Kier molecular flexibility index (Phi) is 77.0.